The number of aryl methyl sites for hydroxylation is 1. The Kier molecular flexibility index (Phi) is 5.26. The summed E-state index contributed by atoms with van der Waals surface area (Å²) in [5.41, 5.74) is 2.82. The van der Waals surface area contributed by atoms with Gasteiger partial charge < -0.3 is 10.1 Å². The maximum absolute atomic E-state index is 6.11. The van der Waals surface area contributed by atoms with Crippen LogP contribution >= 0.6 is 0 Å². The second kappa shape index (κ2) is 6.95. The smallest absolute Gasteiger partial charge is 0.124 e. The van der Waals surface area contributed by atoms with E-state index < -0.39 is 0 Å². The number of hydrogen-bond acceptors (Lipinski definition) is 2. The van der Waals surface area contributed by atoms with Gasteiger partial charge in [-0.1, -0.05) is 45.7 Å². The minimum Gasteiger partial charge on any atom is -0.488 e. The van der Waals surface area contributed by atoms with Crippen molar-refractivity contribution in [2.45, 2.75) is 65.0 Å². The molecule has 0 saturated carbocycles. The zero-order valence-corrected chi connectivity index (χ0v) is 12.5. The highest BCUT2D eigenvalue weighted by atomic mass is 16.5. The summed E-state index contributed by atoms with van der Waals surface area (Å²) >= 11 is 0. The van der Waals surface area contributed by atoms with Crippen molar-refractivity contribution in [3.05, 3.63) is 29.3 Å². The van der Waals surface area contributed by atoms with Crippen LogP contribution in [0, 0.1) is 0 Å². The predicted molar refractivity (Wildman–Crippen MR) is 80.8 cm³/mol. The molecule has 1 aliphatic heterocycles. The first-order chi connectivity index (χ1) is 9.30. The van der Waals surface area contributed by atoms with Crippen LogP contribution in [0.1, 0.15) is 63.6 Å². The summed E-state index contributed by atoms with van der Waals surface area (Å²) in [4.78, 5) is 0. The molecule has 1 N–H and O–H groups in total. The molecule has 0 aliphatic carbocycles. The molecule has 2 heteroatoms. The van der Waals surface area contributed by atoms with E-state index >= 15 is 0 Å². The molecule has 2 unspecified atom stereocenters. The minimum absolute atomic E-state index is 0.307. The third-order valence-electron chi connectivity index (χ3n) is 3.88. The monoisotopic (exact) mass is 261 g/mol. The normalized spacial score (nSPS) is 21.2. The molecule has 1 aromatic carbocycles. The molecule has 1 aromatic rings. The predicted octanol–water partition coefficient (Wildman–Crippen LogP) is 4.24. The largest absolute Gasteiger partial charge is 0.488 e. The van der Waals surface area contributed by atoms with Gasteiger partial charge in [-0.25, -0.2) is 0 Å². The Morgan fingerprint density at radius 3 is 2.68 bits per heavy atom. The van der Waals surface area contributed by atoms with Crippen LogP contribution in [-0.4, -0.2) is 12.6 Å². The molecule has 0 spiro atoms. The lowest BCUT2D eigenvalue weighted by Crippen LogP contribution is -2.30. The van der Waals surface area contributed by atoms with Crippen molar-refractivity contribution in [2.75, 3.05) is 6.54 Å². The number of unbranched alkanes of at least 4 members (excludes halogenated alkanes) is 1. The van der Waals surface area contributed by atoms with E-state index in [-0.39, 0.29) is 0 Å². The Morgan fingerprint density at radius 1 is 1.16 bits per heavy atom. The van der Waals surface area contributed by atoms with Crippen LogP contribution < -0.4 is 10.1 Å². The fourth-order valence-corrected chi connectivity index (χ4v) is 2.89. The molecule has 1 heterocycles. The third kappa shape index (κ3) is 3.30. The molecule has 2 nitrogen and oxygen atoms in total. The Bertz CT molecular complexity index is 402. The van der Waals surface area contributed by atoms with Crippen LogP contribution in [0.5, 0.6) is 5.75 Å². The summed E-state index contributed by atoms with van der Waals surface area (Å²) in [7, 11) is 0. The summed E-state index contributed by atoms with van der Waals surface area (Å²) in [5.74, 6) is 1.09. The van der Waals surface area contributed by atoms with Gasteiger partial charge in [-0.05, 0) is 37.4 Å². The van der Waals surface area contributed by atoms with Crippen LogP contribution in [0.2, 0.25) is 0 Å². The van der Waals surface area contributed by atoms with Gasteiger partial charge >= 0.3 is 0 Å². The Labute approximate surface area is 117 Å². The van der Waals surface area contributed by atoms with Gasteiger partial charge in [-0.3, -0.25) is 0 Å². The first-order valence-corrected chi connectivity index (χ1v) is 7.83. The van der Waals surface area contributed by atoms with Gasteiger partial charge in [0.1, 0.15) is 11.9 Å². The van der Waals surface area contributed by atoms with E-state index in [1.807, 2.05) is 0 Å². The number of fused-ring (bicyclic) bond motifs is 1. The summed E-state index contributed by atoms with van der Waals surface area (Å²) in [6.45, 7) is 7.63. The van der Waals surface area contributed by atoms with Gasteiger partial charge in [0.15, 0.2) is 0 Å². The van der Waals surface area contributed by atoms with E-state index in [0.29, 0.717) is 12.1 Å². The van der Waals surface area contributed by atoms with E-state index in [0.717, 1.165) is 18.7 Å². The molecule has 0 saturated heterocycles. The molecule has 19 heavy (non-hydrogen) atoms. The summed E-state index contributed by atoms with van der Waals surface area (Å²) < 4.78 is 6.11. The molecule has 0 bridgehead atoms. The topological polar surface area (TPSA) is 21.3 Å². The average molecular weight is 261 g/mol. The molecule has 0 radical (unpaired) electrons. The SMILES string of the molecule is CCCCc1ccc2c(c1)C(NCC)C(CCC)O2. The van der Waals surface area contributed by atoms with E-state index in [1.165, 1.54) is 36.8 Å². The molecule has 0 fully saturated rings. The quantitative estimate of drug-likeness (QED) is 0.792. The van der Waals surface area contributed by atoms with E-state index in [2.05, 4.69) is 44.3 Å². The average Bonchev–Trinajstić information content (AvgIpc) is 2.75. The van der Waals surface area contributed by atoms with Gasteiger partial charge in [0.25, 0.3) is 0 Å². The number of hydrogen-bond donors (Lipinski definition) is 1. The number of ether oxygens (including phenoxy) is 1. The molecule has 0 amide bonds. The van der Waals surface area contributed by atoms with E-state index in [1.54, 1.807) is 0 Å². The van der Waals surface area contributed by atoms with E-state index in [9.17, 15) is 0 Å². The van der Waals surface area contributed by atoms with Crippen molar-refractivity contribution >= 4 is 0 Å². The lowest BCUT2D eigenvalue weighted by Gasteiger charge is -2.19. The summed E-state index contributed by atoms with van der Waals surface area (Å²) in [5, 5.41) is 3.59. The van der Waals surface area contributed by atoms with Gasteiger partial charge in [0.2, 0.25) is 0 Å². The number of rotatable bonds is 7. The second-order valence-electron chi connectivity index (χ2n) is 5.46. The molecule has 2 atom stereocenters. The maximum atomic E-state index is 6.11. The van der Waals surface area contributed by atoms with Crippen molar-refractivity contribution in [3.8, 4) is 5.75 Å². The molecule has 0 aromatic heterocycles. The van der Waals surface area contributed by atoms with Crippen LogP contribution in [0.4, 0.5) is 0 Å². The van der Waals surface area contributed by atoms with Crippen molar-refractivity contribution in [1.29, 1.82) is 0 Å². The number of benzene rings is 1. The molecular formula is C17H27NO. The number of nitrogens with one attached hydrogen (secondary N) is 1. The first-order valence-electron chi connectivity index (χ1n) is 7.83. The second-order valence-corrected chi connectivity index (χ2v) is 5.46. The van der Waals surface area contributed by atoms with Crippen LogP contribution in [0.3, 0.4) is 0 Å². The fourth-order valence-electron chi connectivity index (χ4n) is 2.89. The summed E-state index contributed by atoms with van der Waals surface area (Å²) in [6, 6.07) is 7.13. The van der Waals surface area contributed by atoms with Crippen LogP contribution in [-0.2, 0) is 6.42 Å². The Hall–Kier alpha value is -1.02. The molecular weight excluding hydrogens is 234 g/mol. The summed E-state index contributed by atoms with van der Waals surface area (Å²) in [6.07, 6.45) is 6.30. The highest BCUT2D eigenvalue weighted by molar-refractivity contribution is 5.43. The number of likely N-dealkylation sites (N-methyl/N-ethyl adjacent to an activating group) is 1. The van der Waals surface area contributed by atoms with E-state index in [4.69, 9.17) is 4.74 Å². The Balaban J connectivity index is 2.18. The standard InChI is InChI=1S/C17H27NO/c1-4-7-9-13-10-11-15-14(12-13)17(18-6-3)16(19-15)8-5-2/h10-12,16-18H,4-9H2,1-3H3. The van der Waals surface area contributed by atoms with Gasteiger partial charge in [0.05, 0.1) is 6.04 Å². The van der Waals surface area contributed by atoms with Crippen molar-refractivity contribution in [2.24, 2.45) is 0 Å². The zero-order valence-electron chi connectivity index (χ0n) is 12.5. The van der Waals surface area contributed by atoms with Crippen molar-refractivity contribution in [1.82, 2.24) is 5.32 Å². The van der Waals surface area contributed by atoms with Crippen molar-refractivity contribution < 1.29 is 4.74 Å². The lowest BCUT2D eigenvalue weighted by atomic mass is 9.97. The first kappa shape index (κ1) is 14.4. The van der Waals surface area contributed by atoms with Gasteiger partial charge in [0, 0.05) is 5.56 Å². The zero-order chi connectivity index (χ0) is 13.7. The Morgan fingerprint density at radius 2 is 2.00 bits per heavy atom. The maximum Gasteiger partial charge on any atom is 0.124 e. The van der Waals surface area contributed by atoms with Crippen molar-refractivity contribution in [3.63, 3.8) is 0 Å². The molecule has 2 rings (SSSR count). The fraction of sp³-hybridized carbons (Fsp3) is 0.647. The lowest BCUT2D eigenvalue weighted by molar-refractivity contribution is 0.179. The van der Waals surface area contributed by atoms with Crippen LogP contribution in [0.25, 0.3) is 0 Å². The van der Waals surface area contributed by atoms with Gasteiger partial charge in [-0.15, -0.1) is 0 Å². The molecule has 1 aliphatic rings. The highest BCUT2D eigenvalue weighted by Crippen LogP contribution is 2.39. The van der Waals surface area contributed by atoms with Gasteiger partial charge in [-0.2, -0.15) is 0 Å². The minimum atomic E-state index is 0.307. The highest BCUT2D eigenvalue weighted by Gasteiger charge is 2.33. The van der Waals surface area contributed by atoms with Crippen LogP contribution in [0.15, 0.2) is 18.2 Å². The molecule has 106 valence electrons. The third-order valence-corrected chi connectivity index (χ3v) is 3.88.